The molecule has 2 aromatic heterocycles. The van der Waals surface area contributed by atoms with Crippen molar-refractivity contribution in [1.82, 2.24) is 19.8 Å². The van der Waals surface area contributed by atoms with Gasteiger partial charge in [-0.05, 0) is 31.0 Å². The smallest absolute Gasteiger partial charge is 0.234 e. The molecule has 0 bridgehead atoms. The van der Waals surface area contributed by atoms with E-state index in [0.717, 1.165) is 31.5 Å². The molecule has 0 aliphatic heterocycles. The fourth-order valence-electron chi connectivity index (χ4n) is 2.91. The Bertz CT molecular complexity index is 803. The third-order valence-electron chi connectivity index (χ3n) is 3.98. The number of fused-ring (bicyclic) bond motifs is 1. The number of nitrogen functional groups attached to an aromatic ring is 1. The summed E-state index contributed by atoms with van der Waals surface area (Å²) in [6.07, 6.45) is 4.93. The largest absolute Gasteiger partial charge is 0.398 e. The van der Waals surface area contributed by atoms with Crippen molar-refractivity contribution in [2.45, 2.75) is 31.6 Å². The van der Waals surface area contributed by atoms with Crippen LogP contribution < -0.4 is 5.73 Å². The normalized spacial score (nSPS) is 16.0. The number of halogens is 1. The molecule has 0 radical (unpaired) electrons. The lowest BCUT2D eigenvalue weighted by Gasteiger charge is -2.04. The highest BCUT2D eigenvalue weighted by atomic mass is 79.9. The van der Waals surface area contributed by atoms with Gasteiger partial charge in [-0.2, -0.15) is 9.61 Å². The van der Waals surface area contributed by atoms with Crippen molar-refractivity contribution in [2.24, 2.45) is 0 Å². The lowest BCUT2D eigenvalue weighted by atomic mass is 10.1. The summed E-state index contributed by atoms with van der Waals surface area (Å²) in [5.74, 6) is 1.50. The fourth-order valence-corrected chi connectivity index (χ4v) is 4.18. The van der Waals surface area contributed by atoms with Gasteiger partial charge in [0, 0.05) is 21.6 Å². The predicted molar refractivity (Wildman–Crippen MR) is 87.4 cm³/mol. The Hall–Kier alpha value is -1.47. The molecular formula is C14H14BrN5S. The first-order chi connectivity index (χ1) is 10.2. The molecule has 0 spiro atoms. The summed E-state index contributed by atoms with van der Waals surface area (Å²) in [5, 5.41) is 14.2. The number of hydrogen-bond acceptors (Lipinski definition) is 5. The predicted octanol–water partition coefficient (Wildman–Crippen LogP) is 3.86. The zero-order valence-electron chi connectivity index (χ0n) is 11.3. The fraction of sp³-hybridized carbons (Fsp3) is 0.357. The summed E-state index contributed by atoms with van der Waals surface area (Å²) in [6, 6.07) is 5.86. The average Bonchev–Trinajstić information content (AvgIpc) is 3.13. The Kier molecular flexibility index (Phi) is 3.19. The molecule has 1 saturated carbocycles. The van der Waals surface area contributed by atoms with Gasteiger partial charge in [0.05, 0.1) is 0 Å². The highest BCUT2D eigenvalue weighted by Gasteiger charge is 2.24. The zero-order chi connectivity index (χ0) is 14.4. The van der Waals surface area contributed by atoms with Crippen molar-refractivity contribution in [2.75, 3.05) is 5.73 Å². The first-order valence-electron chi connectivity index (χ1n) is 7.00. The average molecular weight is 364 g/mol. The van der Waals surface area contributed by atoms with E-state index in [4.69, 9.17) is 10.8 Å². The Morgan fingerprint density at radius 3 is 2.81 bits per heavy atom. The van der Waals surface area contributed by atoms with E-state index < -0.39 is 0 Å². The van der Waals surface area contributed by atoms with Crippen LogP contribution in [0, 0.1) is 0 Å². The Morgan fingerprint density at radius 1 is 1.24 bits per heavy atom. The van der Waals surface area contributed by atoms with Gasteiger partial charge >= 0.3 is 0 Å². The number of hydrogen-bond donors (Lipinski definition) is 1. The lowest BCUT2D eigenvalue weighted by Crippen LogP contribution is -2.01. The van der Waals surface area contributed by atoms with Crippen LogP contribution in [-0.2, 0) is 0 Å². The van der Waals surface area contributed by atoms with Crippen LogP contribution in [0.15, 0.2) is 22.7 Å². The van der Waals surface area contributed by atoms with Gasteiger partial charge in [-0.15, -0.1) is 10.2 Å². The molecule has 1 aliphatic carbocycles. The molecule has 5 nitrogen and oxygen atoms in total. The minimum atomic E-state index is 0.497. The minimum absolute atomic E-state index is 0.497. The van der Waals surface area contributed by atoms with E-state index in [2.05, 4.69) is 26.1 Å². The molecule has 2 N–H and O–H groups in total. The van der Waals surface area contributed by atoms with E-state index in [1.807, 2.05) is 22.7 Å². The van der Waals surface area contributed by atoms with Crippen LogP contribution in [0.2, 0.25) is 0 Å². The van der Waals surface area contributed by atoms with Crippen LogP contribution >= 0.6 is 27.3 Å². The van der Waals surface area contributed by atoms with Crippen LogP contribution in [0.3, 0.4) is 0 Å². The second kappa shape index (κ2) is 5.06. The topological polar surface area (TPSA) is 69.1 Å². The summed E-state index contributed by atoms with van der Waals surface area (Å²) in [4.78, 5) is 0.842. The van der Waals surface area contributed by atoms with E-state index in [1.54, 1.807) is 0 Å². The first kappa shape index (κ1) is 13.2. The SMILES string of the molecule is Nc1cc(Br)ccc1-c1nn2c(C3CCCC3)nnc2s1. The maximum absolute atomic E-state index is 6.10. The third-order valence-corrected chi connectivity index (χ3v) is 5.40. The molecule has 2 heterocycles. The van der Waals surface area contributed by atoms with Crippen LogP contribution in [-0.4, -0.2) is 19.8 Å². The molecule has 3 aromatic rings. The van der Waals surface area contributed by atoms with Crippen molar-refractivity contribution in [1.29, 1.82) is 0 Å². The summed E-state index contributed by atoms with van der Waals surface area (Å²) in [6.45, 7) is 0. The molecule has 1 aromatic carbocycles. The van der Waals surface area contributed by atoms with Gasteiger partial charge in [-0.3, -0.25) is 0 Å². The van der Waals surface area contributed by atoms with Crippen molar-refractivity contribution in [3.8, 4) is 10.6 Å². The number of rotatable bonds is 2. The van der Waals surface area contributed by atoms with Crippen LogP contribution in [0.25, 0.3) is 15.5 Å². The number of benzene rings is 1. The van der Waals surface area contributed by atoms with Crippen LogP contribution in [0.5, 0.6) is 0 Å². The molecule has 21 heavy (non-hydrogen) atoms. The monoisotopic (exact) mass is 363 g/mol. The van der Waals surface area contributed by atoms with Gasteiger partial charge in [0.1, 0.15) is 5.01 Å². The molecule has 108 valence electrons. The number of anilines is 1. The molecule has 7 heteroatoms. The van der Waals surface area contributed by atoms with Crippen molar-refractivity contribution >= 4 is 37.9 Å². The molecule has 0 amide bonds. The molecule has 0 unspecified atom stereocenters. The van der Waals surface area contributed by atoms with E-state index in [0.29, 0.717) is 5.92 Å². The molecule has 0 atom stereocenters. The van der Waals surface area contributed by atoms with Crippen LogP contribution in [0.4, 0.5) is 5.69 Å². The molecular weight excluding hydrogens is 350 g/mol. The van der Waals surface area contributed by atoms with Crippen molar-refractivity contribution in [3.63, 3.8) is 0 Å². The second-order valence-corrected chi connectivity index (χ2v) is 7.24. The van der Waals surface area contributed by atoms with Gasteiger partial charge in [0.25, 0.3) is 0 Å². The molecule has 0 saturated heterocycles. The Balaban J connectivity index is 1.80. The van der Waals surface area contributed by atoms with E-state index in [9.17, 15) is 0 Å². The van der Waals surface area contributed by atoms with E-state index >= 15 is 0 Å². The Labute approximate surface area is 134 Å². The van der Waals surface area contributed by atoms with Crippen LogP contribution in [0.1, 0.15) is 37.4 Å². The highest BCUT2D eigenvalue weighted by molar-refractivity contribution is 9.10. The standard InChI is InChI=1S/C14H14BrN5S/c15-9-5-6-10(11(16)7-9)13-19-20-12(8-3-1-2-4-8)17-18-14(20)21-13/h5-8H,1-4,16H2. The zero-order valence-corrected chi connectivity index (χ0v) is 13.7. The number of nitrogens with two attached hydrogens (primary N) is 1. The summed E-state index contributed by atoms with van der Waals surface area (Å²) in [7, 11) is 0. The number of nitrogens with zero attached hydrogens (tertiary/aromatic N) is 4. The summed E-state index contributed by atoms with van der Waals surface area (Å²) < 4.78 is 2.87. The van der Waals surface area contributed by atoms with Gasteiger partial charge < -0.3 is 5.73 Å². The van der Waals surface area contributed by atoms with Crippen molar-refractivity contribution in [3.05, 3.63) is 28.5 Å². The summed E-state index contributed by atoms with van der Waals surface area (Å²) >= 11 is 4.96. The lowest BCUT2D eigenvalue weighted by molar-refractivity contribution is 0.641. The molecule has 1 fully saturated rings. The quantitative estimate of drug-likeness (QED) is 0.701. The third kappa shape index (κ3) is 2.24. The minimum Gasteiger partial charge on any atom is -0.398 e. The second-order valence-electron chi connectivity index (χ2n) is 5.37. The van der Waals surface area contributed by atoms with Gasteiger partial charge in [-0.25, -0.2) is 0 Å². The molecule has 1 aliphatic rings. The van der Waals surface area contributed by atoms with Gasteiger partial charge in [0.15, 0.2) is 5.82 Å². The maximum atomic E-state index is 6.10. The maximum Gasteiger partial charge on any atom is 0.234 e. The van der Waals surface area contributed by atoms with E-state index in [1.165, 1.54) is 37.0 Å². The summed E-state index contributed by atoms with van der Waals surface area (Å²) in [5.41, 5.74) is 7.76. The Morgan fingerprint density at radius 2 is 2.05 bits per heavy atom. The molecule has 4 rings (SSSR count). The number of aromatic nitrogens is 4. The van der Waals surface area contributed by atoms with E-state index in [-0.39, 0.29) is 0 Å². The first-order valence-corrected chi connectivity index (χ1v) is 8.61. The highest BCUT2D eigenvalue weighted by Crippen LogP contribution is 2.36. The van der Waals surface area contributed by atoms with Gasteiger partial charge in [-0.1, -0.05) is 40.1 Å². The van der Waals surface area contributed by atoms with Gasteiger partial charge in [0.2, 0.25) is 4.96 Å². The van der Waals surface area contributed by atoms with Crippen molar-refractivity contribution < 1.29 is 0 Å².